The molecule has 290 valence electrons. The van der Waals surface area contributed by atoms with Gasteiger partial charge in [0.05, 0.1) is 28.9 Å². The third kappa shape index (κ3) is 6.54. The molecule has 0 saturated carbocycles. The van der Waals surface area contributed by atoms with Crippen LogP contribution in [0.4, 0.5) is 5.69 Å². The number of nitrogens with zero attached hydrogens (tertiary/aromatic N) is 6. The fraction of sp³-hybridized carbons (Fsp3) is 0.264. The Bertz CT molecular complexity index is 2640. The molecule has 0 aromatic heterocycles. The molecule has 0 spiro atoms. The third-order valence-corrected chi connectivity index (χ3v) is 13.3. The molecule has 4 aromatic rings. The first-order valence-corrected chi connectivity index (χ1v) is 21.3. The summed E-state index contributed by atoms with van der Waals surface area (Å²) in [5, 5.41) is 24.1. The van der Waals surface area contributed by atoms with Gasteiger partial charge in [0.2, 0.25) is 0 Å². The highest BCUT2D eigenvalue weighted by molar-refractivity contribution is 5.99. The lowest BCUT2D eigenvalue weighted by Crippen LogP contribution is -2.38. The quantitative estimate of drug-likeness (QED) is 0.179. The van der Waals surface area contributed by atoms with E-state index in [9.17, 15) is 10.5 Å². The molecule has 0 amide bonds. The van der Waals surface area contributed by atoms with Gasteiger partial charge in [-0.25, -0.2) is 0 Å². The molecule has 4 aromatic carbocycles. The van der Waals surface area contributed by atoms with Gasteiger partial charge in [-0.05, 0) is 102 Å². The number of allylic oxidation sites excluding steroid dienone is 9. The molecule has 5 atom stereocenters. The fourth-order valence-electron chi connectivity index (χ4n) is 10.5. The summed E-state index contributed by atoms with van der Waals surface area (Å²) >= 11 is 0. The highest BCUT2D eigenvalue weighted by atomic mass is 15.3. The molecule has 2 aliphatic heterocycles. The van der Waals surface area contributed by atoms with Crippen LogP contribution in [-0.2, 0) is 6.42 Å². The number of benzene rings is 4. The monoisotopic (exact) mass is 768 g/mol. The Morgan fingerprint density at radius 3 is 2.32 bits per heavy atom. The van der Waals surface area contributed by atoms with Crippen molar-refractivity contribution in [2.24, 2.45) is 10.9 Å². The average molecular weight is 769 g/mol. The maximum absolute atomic E-state index is 10.8. The van der Waals surface area contributed by atoms with Gasteiger partial charge in [0.1, 0.15) is 18.1 Å². The number of hydrogen-bond donors (Lipinski definition) is 0. The molecule has 6 heteroatoms. The normalized spacial score (nSPS) is 24.2. The van der Waals surface area contributed by atoms with Gasteiger partial charge < -0.3 is 9.80 Å². The van der Waals surface area contributed by atoms with Crippen molar-refractivity contribution in [2.75, 3.05) is 18.5 Å². The zero-order valence-corrected chi connectivity index (χ0v) is 33.6. The van der Waals surface area contributed by atoms with E-state index in [0.717, 1.165) is 74.4 Å². The topological polar surface area (TPSA) is 69.7 Å². The van der Waals surface area contributed by atoms with Crippen LogP contribution in [0, 0.1) is 28.6 Å². The van der Waals surface area contributed by atoms with E-state index in [2.05, 4.69) is 161 Å². The minimum absolute atomic E-state index is 0.123. The smallest absolute Gasteiger partial charge is 0.128 e. The number of hydrogen-bond acceptors (Lipinski definition) is 6. The molecule has 2 heterocycles. The van der Waals surface area contributed by atoms with Crippen LogP contribution in [0.2, 0.25) is 0 Å². The van der Waals surface area contributed by atoms with Crippen molar-refractivity contribution in [1.29, 1.82) is 10.5 Å². The summed E-state index contributed by atoms with van der Waals surface area (Å²) in [7, 11) is 2.14. The molecular weight excluding hydrogens is 721 g/mol. The molecule has 5 unspecified atom stereocenters. The Morgan fingerprint density at radius 2 is 1.56 bits per heavy atom. The second kappa shape index (κ2) is 15.6. The van der Waals surface area contributed by atoms with E-state index in [4.69, 9.17) is 4.99 Å². The van der Waals surface area contributed by atoms with Crippen LogP contribution >= 0.6 is 0 Å². The second-order valence-corrected chi connectivity index (χ2v) is 16.7. The van der Waals surface area contributed by atoms with Crippen LogP contribution in [0.25, 0.3) is 16.5 Å². The van der Waals surface area contributed by atoms with E-state index in [1.165, 1.54) is 44.3 Å². The predicted molar refractivity (Wildman–Crippen MR) is 239 cm³/mol. The third-order valence-electron chi connectivity index (χ3n) is 13.3. The van der Waals surface area contributed by atoms with E-state index in [1.54, 1.807) is 0 Å². The first-order chi connectivity index (χ1) is 29.1. The molecule has 0 saturated heterocycles. The first-order valence-electron chi connectivity index (χ1n) is 21.3. The van der Waals surface area contributed by atoms with Gasteiger partial charge >= 0.3 is 0 Å². The van der Waals surface area contributed by atoms with Crippen molar-refractivity contribution in [3.8, 4) is 12.1 Å². The van der Waals surface area contributed by atoms with E-state index < -0.39 is 0 Å². The summed E-state index contributed by atoms with van der Waals surface area (Å²) in [6.45, 7) is 0.794. The molecule has 0 N–H and O–H groups in total. The van der Waals surface area contributed by atoms with Gasteiger partial charge in [-0.3, -0.25) is 9.89 Å². The standard InChI is InChI=1S/C53H48N6/c1-57-31-11-9-17-51(57)59(47-27-23-41(33-43(47)35-55)37-14-6-3-7-15-37)49-29-21-39-18-24-44-48(28-20-38-19-25-45(49)53(39)52(38)44)58(50-16-8-10-30-56-50)46-26-22-40(32-42(46)34-54)36-12-4-2-5-13-36/h2-15,17-18,21,24,26-30,33,38,40-42,50H,16,19-20,22-23,25,31-32H2,1H3. The second-order valence-electron chi connectivity index (χ2n) is 16.7. The summed E-state index contributed by atoms with van der Waals surface area (Å²) in [5.41, 5.74) is 11.6. The average Bonchev–Trinajstić information content (AvgIpc) is 3.30. The Hall–Kier alpha value is -6.63. The lowest BCUT2D eigenvalue weighted by Gasteiger charge is -2.43. The number of likely N-dealkylation sites (N-methyl/N-ethyl adjacent to an activating group) is 1. The number of dihydropyridines is 1. The summed E-state index contributed by atoms with van der Waals surface area (Å²) < 4.78 is 0. The number of rotatable bonds is 8. The van der Waals surface area contributed by atoms with Gasteiger partial charge in [-0.2, -0.15) is 10.5 Å². The maximum Gasteiger partial charge on any atom is 0.128 e. The molecule has 4 aliphatic carbocycles. The van der Waals surface area contributed by atoms with Gasteiger partial charge in [0, 0.05) is 49.1 Å². The Balaban J connectivity index is 1.10. The number of nitriles is 2. The van der Waals surface area contributed by atoms with Crippen LogP contribution < -0.4 is 4.90 Å². The van der Waals surface area contributed by atoms with Gasteiger partial charge in [-0.1, -0.05) is 121 Å². The fourth-order valence-corrected chi connectivity index (χ4v) is 10.5. The van der Waals surface area contributed by atoms with Gasteiger partial charge in [0.15, 0.2) is 0 Å². The predicted octanol–water partition coefficient (Wildman–Crippen LogP) is 11.5. The molecule has 0 radical (unpaired) electrons. The number of aliphatic imine (C=N–C) groups is 1. The molecular formula is C53H48N6. The minimum Gasteiger partial charge on any atom is -0.357 e. The van der Waals surface area contributed by atoms with Crippen LogP contribution in [0.5, 0.6) is 0 Å². The SMILES string of the molecule is CN1CC=CC=C1N(C1=CCC(c2ccccc2)C=C1C#N)c1ccc2ccc3c4c2c1CCC4CC=C3N(C1=CCC(c2ccccc2)CC1C#N)C1CC=CC=N1. The number of anilines is 1. The van der Waals surface area contributed by atoms with Gasteiger partial charge in [-0.15, -0.1) is 0 Å². The lowest BCUT2D eigenvalue weighted by atomic mass is 9.73. The molecule has 6 aliphatic rings. The maximum atomic E-state index is 10.8. The van der Waals surface area contributed by atoms with Crippen molar-refractivity contribution < 1.29 is 0 Å². The summed E-state index contributed by atoms with van der Waals surface area (Å²) in [4.78, 5) is 12.1. The Kier molecular flexibility index (Phi) is 9.71. The largest absolute Gasteiger partial charge is 0.357 e. The minimum atomic E-state index is -0.247. The Labute approximate surface area is 348 Å². The first kappa shape index (κ1) is 36.7. The van der Waals surface area contributed by atoms with Gasteiger partial charge in [0.25, 0.3) is 0 Å². The van der Waals surface area contributed by atoms with Crippen LogP contribution in [0.15, 0.2) is 167 Å². The van der Waals surface area contributed by atoms with Crippen molar-refractivity contribution in [3.63, 3.8) is 0 Å². The molecule has 0 bridgehead atoms. The van der Waals surface area contributed by atoms with Crippen molar-refractivity contribution in [3.05, 3.63) is 190 Å². The molecule has 6 nitrogen and oxygen atoms in total. The summed E-state index contributed by atoms with van der Waals surface area (Å²) in [6.07, 6.45) is 28.0. The van der Waals surface area contributed by atoms with Crippen molar-refractivity contribution in [2.45, 2.75) is 68.9 Å². The van der Waals surface area contributed by atoms with E-state index in [-0.39, 0.29) is 18.0 Å². The van der Waals surface area contributed by atoms with E-state index in [1.807, 2.05) is 18.4 Å². The zero-order valence-electron chi connectivity index (χ0n) is 33.6. The number of aryl methyl sites for hydroxylation is 1. The zero-order chi connectivity index (χ0) is 39.9. The van der Waals surface area contributed by atoms with Crippen molar-refractivity contribution in [1.82, 2.24) is 9.80 Å². The Morgan fingerprint density at radius 1 is 0.780 bits per heavy atom. The van der Waals surface area contributed by atoms with Crippen LogP contribution in [-0.4, -0.2) is 35.8 Å². The van der Waals surface area contributed by atoms with Crippen LogP contribution in [0.1, 0.15) is 84.1 Å². The summed E-state index contributed by atoms with van der Waals surface area (Å²) in [5.74, 6) is 1.68. The lowest BCUT2D eigenvalue weighted by molar-refractivity contribution is 0.316. The highest BCUT2D eigenvalue weighted by Gasteiger charge is 2.39. The van der Waals surface area contributed by atoms with E-state index >= 15 is 0 Å². The molecule has 59 heavy (non-hydrogen) atoms. The molecule has 10 rings (SSSR count). The molecule has 0 fully saturated rings. The van der Waals surface area contributed by atoms with E-state index in [0.29, 0.717) is 17.4 Å². The van der Waals surface area contributed by atoms with Crippen molar-refractivity contribution >= 4 is 28.4 Å². The highest BCUT2D eigenvalue weighted by Crippen LogP contribution is 2.52. The summed E-state index contributed by atoms with van der Waals surface area (Å²) in [6, 6.07) is 35.8. The van der Waals surface area contributed by atoms with Crippen LogP contribution in [0.3, 0.4) is 0 Å².